The number of guanidine groups is 1. The van der Waals surface area contributed by atoms with Gasteiger partial charge in [0.2, 0.25) is 0 Å². The second-order valence-electron chi connectivity index (χ2n) is 6.23. The van der Waals surface area contributed by atoms with Crippen molar-refractivity contribution in [1.82, 2.24) is 10.6 Å². The van der Waals surface area contributed by atoms with Gasteiger partial charge >= 0.3 is 6.18 Å². The predicted octanol–water partition coefficient (Wildman–Crippen LogP) is 4.19. The Hall–Kier alpha value is -1.19. The molecule has 0 amide bonds. The summed E-state index contributed by atoms with van der Waals surface area (Å²) in [5, 5.41) is 6.07. The minimum atomic E-state index is -4.43. The maximum absolute atomic E-state index is 13.3. The Kier molecular flexibility index (Phi) is 8.30. The van der Waals surface area contributed by atoms with E-state index in [2.05, 4.69) is 15.6 Å². The second kappa shape index (κ2) is 9.49. The van der Waals surface area contributed by atoms with Crippen LogP contribution in [-0.4, -0.2) is 25.7 Å². The highest BCUT2D eigenvalue weighted by Crippen LogP contribution is 2.34. The third kappa shape index (κ3) is 7.29. The summed E-state index contributed by atoms with van der Waals surface area (Å²) in [5.41, 5.74) is -0.529. The lowest BCUT2D eigenvalue weighted by atomic mass is 10.1. The van der Waals surface area contributed by atoms with Crippen LogP contribution >= 0.6 is 24.0 Å². The molecule has 0 atom stereocenters. The number of ether oxygens (including phenoxy) is 1. The number of rotatable bonds is 6. The number of nitrogens with one attached hydrogen (secondary N) is 2. The summed E-state index contributed by atoms with van der Waals surface area (Å²) in [6.07, 6.45) is -2.22. The number of halogens is 4. The molecule has 142 valence electrons. The normalized spacial score (nSPS) is 14.9. The Bertz CT molecular complexity index is 587. The first-order chi connectivity index (χ1) is 11.3. The molecule has 1 aromatic carbocycles. The van der Waals surface area contributed by atoms with Crippen LogP contribution in [0.4, 0.5) is 13.2 Å². The SMILES string of the molecule is CN=C(NCc1ccc(OC(C)C)cc1C(F)(F)F)NCC1CC1.I. The summed E-state index contributed by atoms with van der Waals surface area (Å²) in [5.74, 6) is 1.39. The van der Waals surface area contributed by atoms with Gasteiger partial charge in [-0.25, -0.2) is 0 Å². The number of hydrogen-bond donors (Lipinski definition) is 2. The molecule has 0 radical (unpaired) electrons. The molecule has 0 saturated heterocycles. The van der Waals surface area contributed by atoms with Gasteiger partial charge in [-0.1, -0.05) is 6.07 Å². The monoisotopic (exact) mass is 471 g/mol. The van der Waals surface area contributed by atoms with Crippen molar-refractivity contribution in [3.05, 3.63) is 29.3 Å². The molecule has 1 fully saturated rings. The lowest BCUT2D eigenvalue weighted by Gasteiger charge is -2.18. The molecule has 0 bridgehead atoms. The van der Waals surface area contributed by atoms with Crippen molar-refractivity contribution in [2.45, 2.75) is 45.5 Å². The largest absolute Gasteiger partial charge is 0.491 e. The molecule has 4 nitrogen and oxygen atoms in total. The summed E-state index contributed by atoms with van der Waals surface area (Å²) in [6.45, 7) is 4.39. The Morgan fingerprint density at radius 2 is 1.96 bits per heavy atom. The van der Waals surface area contributed by atoms with Gasteiger partial charge in [0.25, 0.3) is 0 Å². The molecule has 1 saturated carbocycles. The molecule has 2 rings (SSSR count). The van der Waals surface area contributed by atoms with Gasteiger partial charge in [0, 0.05) is 20.1 Å². The average molecular weight is 471 g/mol. The molecule has 1 aliphatic carbocycles. The summed E-state index contributed by atoms with van der Waals surface area (Å²) in [6, 6.07) is 4.06. The van der Waals surface area contributed by atoms with Crippen molar-refractivity contribution >= 4 is 29.9 Å². The van der Waals surface area contributed by atoms with Crippen LogP contribution < -0.4 is 15.4 Å². The zero-order valence-corrected chi connectivity index (χ0v) is 16.9. The van der Waals surface area contributed by atoms with Gasteiger partial charge in [-0.3, -0.25) is 4.99 Å². The van der Waals surface area contributed by atoms with Crippen molar-refractivity contribution in [2.75, 3.05) is 13.6 Å². The number of benzene rings is 1. The molecule has 0 aromatic heterocycles. The van der Waals surface area contributed by atoms with Gasteiger partial charge in [0.1, 0.15) is 5.75 Å². The maximum atomic E-state index is 13.3. The third-order valence-electron chi connectivity index (χ3n) is 3.68. The van der Waals surface area contributed by atoms with E-state index < -0.39 is 11.7 Å². The Morgan fingerprint density at radius 1 is 1.28 bits per heavy atom. The fourth-order valence-corrected chi connectivity index (χ4v) is 2.28. The van der Waals surface area contributed by atoms with Crippen LogP contribution in [0.1, 0.15) is 37.8 Å². The van der Waals surface area contributed by atoms with Gasteiger partial charge in [-0.15, -0.1) is 24.0 Å². The number of aliphatic imine (C=N–C) groups is 1. The van der Waals surface area contributed by atoms with Gasteiger partial charge in [0.15, 0.2) is 5.96 Å². The zero-order valence-electron chi connectivity index (χ0n) is 14.6. The van der Waals surface area contributed by atoms with E-state index in [1.54, 1.807) is 27.0 Å². The van der Waals surface area contributed by atoms with E-state index in [1.165, 1.54) is 18.9 Å². The molecule has 0 heterocycles. The second-order valence-corrected chi connectivity index (χ2v) is 6.23. The van der Waals surface area contributed by atoms with Crippen LogP contribution in [0, 0.1) is 5.92 Å². The van der Waals surface area contributed by atoms with Crippen molar-refractivity contribution in [3.8, 4) is 5.75 Å². The summed E-state index contributed by atoms with van der Waals surface area (Å²) in [4.78, 5) is 4.04. The van der Waals surface area contributed by atoms with Crippen molar-refractivity contribution < 1.29 is 17.9 Å². The highest BCUT2D eigenvalue weighted by Gasteiger charge is 2.34. The van der Waals surface area contributed by atoms with E-state index in [-0.39, 0.29) is 47.9 Å². The van der Waals surface area contributed by atoms with E-state index in [4.69, 9.17) is 4.74 Å². The molecule has 1 aromatic rings. The molecule has 0 spiro atoms. The fourth-order valence-electron chi connectivity index (χ4n) is 2.28. The smallest absolute Gasteiger partial charge is 0.416 e. The Labute approximate surface area is 163 Å². The molecular formula is C17H25F3IN3O. The Morgan fingerprint density at radius 3 is 2.48 bits per heavy atom. The van der Waals surface area contributed by atoms with Crippen LogP contribution in [0.15, 0.2) is 23.2 Å². The van der Waals surface area contributed by atoms with Crippen LogP contribution in [0.2, 0.25) is 0 Å². The number of nitrogens with zero attached hydrogens (tertiary/aromatic N) is 1. The van der Waals surface area contributed by atoms with Crippen LogP contribution in [0.25, 0.3) is 0 Å². The van der Waals surface area contributed by atoms with Crippen molar-refractivity contribution in [1.29, 1.82) is 0 Å². The molecule has 8 heteroatoms. The van der Waals surface area contributed by atoms with E-state index in [1.807, 2.05) is 0 Å². The first-order valence-corrected chi connectivity index (χ1v) is 8.11. The topological polar surface area (TPSA) is 45.7 Å². The van der Waals surface area contributed by atoms with Crippen molar-refractivity contribution in [3.63, 3.8) is 0 Å². The van der Waals surface area contributed by atoms with E-state index in [0.717, 1.165) is 12.6 Å². The quantitative estimate of drug-likeness (QED) is 0.372. The van der Waals surface area contributed by atoms with Gasteiger partial charge in [-0.05, 0) is 50.3 Å². The first-order valence-electron chi connectivity index (χ1n) is 8.11. The van der Waals surface area contributed by atoms with Crippen molar-refractivity contribution in [2.24, 2.45) is 10.9 Å². The molecule has 2 N–H and O–H groups in total. The number of alkyl halides is 3. The van der Waals surface area contributed by atoms with E-state index in [9.17, 15) is 13.2 Å². The first kappa shape index (κ1) is 21.9. The Balaban J connectivity index is 0.00000312. The summed E-state index contributed by atoms with van der Waals surface area (Å²) >= 11 is 0. The molecule has 1 aliphatic rings. The lowest BCUT2D eigenvalue weighted by Crippen LogP contribution is -2.38. The summed E-state index contributed by atoms with van der Waals surface area (Å²) in [7, 11) is 1.60. The molecular weight excluding hydrogens is 446 g/mol. The average Bonchev–Trinajstić information content (AvgIpc) is 3.31. The standard InChI is InChI=1S/C17H24F3N3O.HI/c1-11(2)24-14-7-6-13(15(8-14)17(18,19)20)10-23-16(21-3)22-9-12-4-5-12;/h6-8,11-12H,4-5,9-10H2,1-3H3,(H2,21,22,23);1H. The molecule has 0 unspecified atom stereocenters. The summed E-state index contributed by atoms with van der Waals surface area (Å²) < 4.78 is 45.3. The molecule has 25 heavy (non-hydrogen) atoms. The highest BCUT2D eigenvalue weighted by molar-refractivity contribution is 14.0. The number of hydrogen-bond acceptors (Lipinski definition) is 2. The van der Waals surface area contributed by atoms with Crippen LogP contribution in [0.3, 0.4) is 0 Å². The minimum absolute atomic E-state index is 0. The van der Waals surface area contributed by atoms with Crippen LogP contribution in [0.5, 0.6) is 5.75 Å². The van der Waals surface area contributed by atoms with E-state index >= 15 is 0 Å². The van der Waals surface area contributed by atoms with Crippen LogP contribution in [-0.2, 0) is 12.7 Å². The van der Waals surface area contributed by atoms with Gasteiger partial charge < -0.3 is 15.4 Å². The maximum Gasteiger partial charge on any atom is 0.416 e. The highest BCUT2D eigenvalue weighted by atomic mass is 127. The predicted molar refractivity (Wildman–Crippen MR) is 104 cm³/mol. The van der Waals surface area contributed by atoms with E-state index in [0.29, 0.717) is 11.9 Å². The van der Waals surface area contributed by atoms with Gasteiger partial charge in [0.05, 0.1) is 11.7 Å². The minimum Gasteiger partial charge on any atom is -0.491 e. The molecule has 0 aliphatic heterocycles. The fraction of sp³-hybridized carbons (Fsp3) is 0.588. The zero-order chi connectivity index (χ0) is 17.7. The lowest BCUT2D eigenvalue weighted by molar-refractivity contribution is -0.138. The third-order valence-corrected chi connectivity index (χ3v) is 3.68. The van der Waals surface area contributed by atoms with Gasteiger partial charge in [-0.2, -0.15) is 13.2 Å².